The zero-order chi connectivity index (χ0) is 17.9. The number of hydrogen-bond donors (Lipinski definition) is 2. The third kappa shape index (κ3) is 4.44. The minimum absolute atomic E-state index is 0.120. The second-order valence-electron chi connectivity index (χ2n) is 5.73. The Bertz CT molecular complexity index is 868. The molecule has 1 aliphatic rings. The Morgan fingerprint density at radius 3 is 2.56 bits per heavy atom. The predicted octanol–water partition coefficient (Wildman–Crippen LogP) is 1.61. The van der Waals surface area contributed by atoms with Crippen LogP contribution in [-0.4, -0.2) is 49.0 Å². The Morgan fingerprint density at radius 1 is 1.20 bits per heavy atom. The second kappa shape index (κ2) is 7.06. The van der Waals surface area contributed by atoms with E-state index in [9.17, 15) is 13.2 Å². The summed E-state index contributed by atoms with van der Waals surface area (Å²) in [6, 6.07) is 8.36. The number of aromatic nitrogens is 2. The standard InChI is InChI=1S/C16H18N4O4S/c1-24-16(21)11-2-4-12(5-3-11)19-14-8-15(18-10-17-14)20-13-6-7-25(22,23)9-13/h2-5,8,10,13H,6-7,9H2,1H3,(H2,17,18,19,20). The molecule has 0 aliphatic carbocycles. The number of nitrogens with one attached hydrogen (secondary N) is 2. The molecule has 2 N–H and O–H groups in total. The average Bonchev–Trinajstić information content (AvgIpc) is 2.93. The van der Waals surface area contributed by atoms with Crippen molar-refractivity contribution in [2.45, 2.75) is 12.5 Å². The van der Waals surface area contributed by atoms with Gasteiger partial charge in [0.05, 0.1) is 24.2 Å². The van der Waals surface area contributed by atoms with Gasteiger partial charge in [-0.25, -0.2) is 23.2 Å². The van der Waals surface area contributed by atoms with Gasteiger partial charge < -0.3 is 15.4 Å². The van der Waals surface area contributed by atoms with E-state index < -0.39 is 15.8 Å². The summed E-state index contributed by atoms with van der Waals surface area (Å²) in [6.07, 6.45) is 1.97. The van der Waals surface area contributed by atoms with Crippen molar-refractivity contribution >= 4 is 33.1 Å². The summed E-state index contributed by atoms with van der Waals surface area (Å²) in [7, 11) is -1.61. The van der Waals surface area contributed by atoms with Gasteiger partial charge in [-0.05, 0) is 30.7 Å². The first-order valence-corrected chi connectivity index (χ1v) is 9.52. The lowest BCUT2D eigenvalue weighted by Crippen LogP contribution is -2.21. The van der Waals surface area contributed by atoms with Gasteiger partial charge in [0.25, 0.3) is 0 Å². The summed E-state index contributed by atoms with van der Waals surface area (Å²) in [5, 5.41) is 6.23. The van der Waals surface area contributed by atoms with Crippen LogP contribution in [0.15, 0.2) is 36.7 Å². The van der Waals surface area contributed by atoms with Gasteiger partial charge in [-0.1, -0.05) is 0 Å². The van der Waals surface area contributed by atoms with Crippen molar-refractivity contribution in [2.24, 2.45) is 0 Å². The lowest BCUT2D eigenvalue weighted by atomic mass is 10.2. The number of esters is 1. The van der Waals surface area contributed by atoms with Gasteiger partial charge in [0.2, 0.25) is 0 Å². The van der Waals surface area contributed by atoms with E-state index in [1.165, 1.54) is 13.4 Å². The molecule has 132 valence electrons. The van der Waals surface area contributed by atoms with Crippen LogP contribution >= 0.6 is 0 Å². The molecule has 1 aromatic heterocycles. The monoisotopic (exact) mass is 362 g/mol. The van der Waals surface area contributed by atoms with Crippen LogP contribution in [-0.2, 0) is 14.6 Å². The van der Waals surface area contributed by atoms with Crippen molar-refractivity contribution in [3.8, 4) is 0 Å². The summed E-state index contributed by atoms with van der Waals surface area (Å²) in [5.74, 6) is 1.05. The number of hydrogen-bond acceptors (Lipinski definition) is 8. The first-order chi connectivity index (χ1) is 11.9. The Kier molecular flexibility index (Phi) is 4.84. The highest BCUT2D eigenvalue weighted by Crippen LogP contribution is 2.20. The Balaban J connectivity index is 1.66. The van der Waals surface area contributed by atoms with Gasteiger partial charge in [-0.15, -0.1) is 0 Å². The number of sulfone groups is 1. The van der Waals surface area contributed by atoms with E-state index in [4.69, 9.17) is 0 Å². The molecule has 9 heteroatoms. The molecule has 0 bridgehead atoms. The molecule has 1 aliphatic heterocycles. The van der Waals surface area contributed by atoms with Gasteiger partial charge >= 0.3 is 5.97 Å². The number of carbonyl (C=O) groups excluding carboxylic acids is 1. The highest BCUT2D eigenvalue weighted by Gasteiger charge is 2.27. The normalized spacial score (nSPS) is 18.5. The minimum Gasteiger partial charge on any atom is -0.465 e. The van der Waals surface area contributed by atoms with E-state index >= 15 is 0 Å². The molecular weight excluding hydrogens is 344 g/mol. The van der Waals surface area contributed by atoms with Gasteiger partial charge in [-0.3, -0.25) is 0 Å². The van der Waals surface area contributed by atoms with Crippen LogP contribution in [0, 0.1) is 0 Å². The average molecular weight is 362 g/mol. The van der Waals surface area contributed by atoms with Gasteiger partial charge in [0.1, 0.15) is 18.0 Å². The zero-order valence-corrected chi connectivity index (χ0v) is 14.4. The maximum atomic E-state index is 11.5. The Hall–Kier alpha value is -2.68. The van der Waals surface area contributed by atoms with E-state index in [2.05, 4.69) is 25.3 Å². The quantitative estimate of drug-likeness (QED) is 0.772. The van der Waals surface area contributed by atoms with E-state index in [1.807, 2.05) is 0 Å². The maximum Gasteiger partial charge on any atom is 0.337 e. The van der Waals surface area contributed by atoms with E-state index in [-0.39, 0.29) is 17.5 Å². The summed E-state index contributed by atoms with van der Waals surface area (Å²) in [4.78, 5) is 19.7. The number of anilines is 3. The molecule has 0 saturated carbocycles. The highest BCUT2D eigenvalue weighted by molar-refractivity contribution is 7.91. The molecular formula is C16H18N4O4S. The van der Waals surface area contributed by atoms with E-state index in [0.29, 0.717) is 23.6 Å². The fourth-order valence-corrected chi connectivity index (χ4v) is 4.25. The van der Waals surface area contributed by atoms with Gasteiger partial charge in [0.15, 0.2) is 9.84 Å². The molecule has 1 aromatic carbocycles. The molecule has 1 unspecified atom stereocenters. The summed E-state index contributed by atoms with van der Waals surface area (Å²) >= 11 is 0. The van der Waals surface area contributed by atoms with Gasteiger partial charge in [-0.2, -0.15) is 0 Å². The predicted molar refractivity (Wildman–Crippen MR) is 93.8 cm³/mol. The molecule has 2 aromatic rings. The molecule has 2 heterocycles. The zero-order valence-electron chi connectivity index (χ0n) is 13.6. The first-order valence-electron chi connectivity index (χ1n) is 7.69. The maximum absolute atomic E-state index is 11.5. The molecule has 0 spiro atoms. The molecule has 25 heavy (non-hydrogen) atoms. The Labute approximate surface area is 145 Å². The van der Waals surface area contributed by atoms with Crippen LogP contribution in [0.2, 0.25) is 0 Å². The SMILES string of the molecule is COC(=O)c1ccc(Nc2cc(NC3CCS(=O)(=O)C3)ncn2)cc1. The van der Waals surface area contributed by atoms with Crippen molar-refractivity contribution in [3.63, 3.8) is 0 Å². The molecule has 0 amide bonds. The van der Waals surface area contributed by atoms with Crippen LogP contribution in [0.1, 0.15) is 16.8 Å². The topological polar surface area (TPSA) is 110 Å². The molecule has 8 nitrogen and oxygen atoms in total. The number of benzene rings is 1. The van der Waals surface area contributed by atoms with Gasteiger partial charge in [0, 0.05) is 17.8 Å². The molecule has 0 radical (unpaired) electrons. The highest BCUT2D eigenvalue weighted by atomic mass is 32.2. The fourth-order valence-electron chi connectivity index (χ4n) is 2.58. The molecule has 3 rings (SSSR count). The van der Waals surface area contributed by atoms with Crippen LogP contribution in [0.25, 0.3) is 0 Å². The third-order valence-corrected chi connectivity index (χ3v) is 5.60. The largest absolute Gasteiger partial charge is 0.465 e. The van der Waals surface area contributed by atoms with Crippen molar-refractivity contribution in [1.29, 1.82) is 0 Å². The summed E-state index contributed by atoms with van der Waals surface area (Å²) in [5.41, 5.74) is 1.21. The summed E-state index contributed by atoms with van der Waals surface area (Å²) in [6.45, 7) is 0. The molecule has 1 atom stereocenters. The number of nitrogens with zero attached hydrogens (tertiary/aromatic N) is 2. The lowest BCUT2D eigenvalue weighted by molar-refractivity contribution is 0.0601. The first kappa shape index (κ1) is 17.2. The van der Waals surface area contributed by atoms with Crippen molar-refractivity contribution in [2.75, 3.05) is 29.2 Å². The molecule has 1 fully saturated rings. The number of carbonyl (C=O) groups is 1. The number of ether oxygens (including phenoxy) is 1. The Morgan fingerprint density at radius 2 is 1.92 bits per heavy atom. The lowest BCUT2D eigenvalue weighted by Gasteiger charge is -2.12. The third-order valence-electron chi connectivity index (χ3n) is 3.83. The minimum atomic E-state index is -2.95. The smallest absolute Gasteiger partial charge is 0.337 e. The fraction of sp³-hybridized carbons (Fsp3) is 0.312. The summed E-state index contributed by atoms with van der Waals surface area (Å²) < 4.78 is 27.7. The van der Waals surface area contributed by atoms with E-state index in [1.54, 1.807) is 30.3 Å². The van der Waals surface area contributed by atoms with Crippen LogP contribution in [0.3, 0.4) is 0 Å². The van der Waals surface area contributed by atoms with Crippen molar-refractivity contribution in [3.05, 3.63) is 42.2 Å². The van der Waals surface area contributed by atoms with E-state index in [0.717, 1.165) is 5.69 Å². The second-order valence-corrected chi connectivity index (χ2v) is 7.96. The number of rotatable bonds is 5. The van der Waals surface area contributed by atoms with Crippen molar-refractivity contribution < 1.29 is 17.9 Å². The van der Waals surface area contributed by atoms with Crippen LogP contribution in [0.4, 0.5) is 17.3 Å². The molecule has 1 saturated heterocycles. The number of methoxy groups -OCH3 is 1. The van der Waals surface area contributed by atoms with Crippen molar-refractivity contribution in [1.82, 2.24) is 9.97 Å². The van der Waals surface area contributed by atoms with Crippen LogP contribution in [0.5, 0.6) is 0 Å². The van der Waals surface area contributed by atoms with Crippen LogP contribution < -0.4 is 10.6 Å².